The summed E-state index contributed by atoms with van der Waals surface area (Å²) in [4.78, 5) is 0. The average molecular weight is 584 g/mol. The molecule has 0 N–H and O–H groups in total. The summed E-state index contributed by atoms with van der Waals surface area (Å²) in [6.07, 6.45) is 0. The number of nitrogens with zero attached hydrogens (tertiary/aromatic N) is 2. The van der Waals surface area contributed by atoms with E-state index >= 15 is 0 Å². The van der Waals surface area contributed by atoms with Gasteiger partial charge in [0.25, 0.3) is 6.71 Å². The largest absolute Gasteiger partial charge is 0.453 e. The van der Waals surface area contributed by atoms with Crippen LogP contribution in [0.2, 0.25) is 0 Å². The molecule has 0 atom stereocenters. The Kier molecular flexibility index (Phi) is 4.66. The first-order valence-electron chi connectivity index (χ1n) is 15.9. The average Bonchev–Trinajstić information content (AvgIpc) is 3.64. The monoisotopic (exact) mass is 584 g/mol. The molecule has 4 heteroatoms. The summed E-state index contributed by atoms with van der Waals surface area (Å²) in [6.45, 7) is -0.0527. The minimum absolute atomic E-state index is 0.0527. The van der Waals surface area contributed by atoms with E-state index in [1.807, 2.05) is 0 Å². The minimum atomic E-state index is -0.0527. The highest BCUT2D eigenvalue weighted by Gasteiger charge is 2.40. The zero-order chi connectivity index (χ0) is 29.9. The first-order valence-corrected chi connectivity index (χ1v) is 15.9. The van der Waals surface area contributed by atoms with E-state index in [9.17, 15) is 0 Å². The molecule has 0 saturated heterocycles. The Labute approximate surface area is 265 Å². The molecule has 0 amide bonds. The number of hydrogen-bond donors (Lipinski definition) is 0. The highest BCUT2D eigenvalue weighted by atomic mass is 16.5. The zero-order valence-corrected chi connectivity index (χ0v) is 24.8. The molecule has 3 nitrogen and oxygen atoms in total. The van der Waals surface area contributed by atoms with Gasteiger partial charge in [-0.1, -0.05) is 127 Å². The smallest absolute Gasteiger partial charge is 0.252 e. The lowest BCUT2D eigenvalue weighted by Crippen LogP contribution is -2.57. The molecule has 2 aliphatic heterocycles. The van der Waals surface area contributed by atoms with Gasteiger partial charge in [0.2, 0.25) is 0 Å². The van der Waals surface area contributed by atoms with Crippen LogP contribution >= 0.6 is 0 Å². The molecule has 0 spiro atoms. The van der Waals surface area contributed by atoms with Gasteiger partial charge in [-0.2, -0.15) is 0 Å². The SMILES string of the molecule is c1ccc(-c2ccccc2B2c3c(cc4c5ccccc5n5c4c3Oc3ccccc3-5)-n3c4ccccc4c4cccc2c43)cc1. The van der Waals surface area contributed by atoms with Gasteiger partial charge in [0.05, 0.1) is 22.2 Å². The standard InChI is InChI=1S/C42H25BN2O/c1-2-13-26(14-3-1)27-15-4-7-19-32(27)43-33-20-12-18-30-28-16-5-8-21-34(28)45(40(30)33)37-25-31-29-17-6-9-22-35(29)44-36-23-10-11-24-38(36)46-42(39(37)43)41(31)44/h1-25H. The highest BCUT2D eigenvalue weighted by Crippen LogP contribution is 2.47. The Morgan fingerprint density at radius 3 is 1.93 bits per heavy atom. The van der Waals surface area contributed by atoms with E-state index in [4.69, 9.17) is 4.74 Å². The van der Waals surface area contributed by atoms with Crippen molar-refractivity contribution in [2.45, 2.75) is 0 Å². The molecule has 11 rings (SSSR count). The van der Waals surface area contributed by atoms with Crippen molar-refractivity contribution in [3.8, 4) is 34.0 Å². The summed E-state index contributed by atoms with van der Waals surface area (Å²) >= 11 is 0. The van der Waals surface area contributed by atoms with Crippen LogP contribution in [-0.4, -0.2) is 15.8 Å². The van der Waals surface area contributed by atoms with Gasteiger partial charge in [0.15, 0.2) is 5.75 Å². The van der Waals surface area contributed by atoms with Gasteiger partial charge in [0, 0.05) is 32.7 Å². The molecule has 0 bridgehead atoms. The van der Waals surface area contributed by atoms with Crippen molar-refractivity contribution < 1.29 is 4.74 Å². The van der Waals surface area contributed by atoms with E-state index in [1.165, 1.54) is 71.3 Å². The number of benzene rings is 7. The molecular formula is C42H25BN2O. The van der Waals surface area contributed by atoms with Crippen molar-refractivity contribution in [3.05, 3.63) is 152 Å². The number of rotatable bonds is 2. The second-order valence-corrected chi connectivity index (χ2v) is 12.4. The lowest BCUT2D eigenvalue weighted by Gasteiger charge is -2.32. The Morgan fingerprint density at radius 2 is 1.09 bits per heavy atom. The van der Waals surface area contributed by atoms with Crippen LogP contribution in [0.4, 0.5) is 0 Å². The third-order valence-corrected chi connectivity index (χ3v) is 10.2. The number of fused-ring (bicyclic) bond motifs is 11. The van der Waals surface area contributed by atoms with Crippen molar-refractivity contribution in [1.82, 2.24) is 9.13 Å². The molecule has 0 fully saturated rings. The zero-order valence-electron chi connectivity index (χ0n) is 24.8. The first kappa shape index (κ1) is 24.3. The van der Waals surface area contributed by atoms with E-state index in [-0.39, 0.29) is 6.71 Å². The van der Waals surface area contributed by atoms with E-state index < -0.39 is 0 Å². The van der Waals surface area contributed by atoms with Crippen LogP contribution in [0.3, 0.4) is 0 Å². The van der Waals surface area contributed by atoms with Crippen molar-refractivity contribution in [2.24, 2.45) is 0 Å². The van der Waals surface area contributed by atoms with Crippen LogP contribution in [0, 0.1) is 0 Å². The van der Waals surface area contributed by atoms with E-state index in [2.05, 4.69) is 161 Å². The minimum Gasteiger partial charge on any atom is -0.453 e. The van der Waals surface area contributed by atoms with E-state index in [1.54, 1.807) is 0 Å². The fraction of sp³-hybridized carbons (Fsp3) is 0. The summed E-state index contributed by atoms with van der Waals surface area (Å²) in [5.74, 6) is 1.82. The molecule has 2 aromatic heterocycles. The molecule has 0 aliphatic carbocycles. The molecule has 9 aromatic rings. The van der Waals surface area contributed by atoms with E-state index in [0.717, 1.165) is 22.7 Å². The second-order valence-electron chi connectivity index (χ2n) is 12.4. The van der Waals surface area contributed by atoms with Crippen molar-refractivity contribution in [2.75, 3.05) is 0 Å². The summed E-state index contributed by atoms with van der Waals surface area (Å²) in [5.41, 5.74) is 13.3. The Bertz CT molecular complexity index is 2740. The lowest BCUT2D eigenvalue weighted by molar-refractivity contribution is 0.480. The van der Waals surface area contributed by atoms with Crippen LogP contribution in [0.15, 0.2) is 152 Å². The maximum Gasteiger partial charge on any atom is 0.252 e. The number of para-hydroxylation sites is 5. The predicted molar refractivity (Wildman–Crippen MR) is 192 cm³/mol. The van der Waals surface area contributed by atoms with Crippen molar-refractivity contribution >= 4 is 66.7 Å². The maximum atomic E-state index is 7.14. The number of aromatic nitrogens is 2. The molecule has 0 unspecified atom stereocenters. The van der Waals surface area contributed by atoms with Gasteiger partial charge in [0.1, 0.15) is 5.75 Å². The fourth-order valence-electron chi connectivity index (χ4n) is 8.38. The molecule has 46 heavy (non-hydrogen) atoms. The molecule has 7 aromatic carbocycles. The van der Waals surface area contributed by atoms with Crippen LogP contribution in [-0.2, 0) is 0 Å². The van der Waals surface area contributed by atoms with Gasteiger partial charge in [-0.05, 0) is 52.4 Å². The van der Waals surface area contributed by atoms with Gasteiger partial charge in [-0.25, -0.2) is 0 Å². The molecule has 2 aliphatic rings. The molecule has 4 heterocycles. The van der Waals surface area contributed by atoms with Gasteiger partial charge in [-0.15, -0.1) is 0 Å². The third-order valence-electron chi connectivity index (χ3n) is 10.2. The Morgan fingerprint density at radius 1 is 0.457 bits per heavy atom. The van der Waals surface area contributed by atoms with Crippen LogP contribution < -0.4 is 21.1 Å². The predicted octanol–water partition coefficient (Wildman–Crippen LogP) is 8.48. The maximum absolute atomic E-state index is 7.14. The quantitative estimate of drug-likeness (QED) is 0.187. The number of ether oxygens (including phenoxy) is 1. The van der Waals surface area contributed by atoms with Crippen LogP contribution in [0.5, 0.6) is 11.5 Å². The first-order chi connectivity index (χ1) is 22.9. The molecule has 0 saturated carbocycles. The summed E-state index contributed by atoms with van der Waals surface area (Å²) < 4.78 is 12.1. The van der Waals surface area contributed by atoms with Gasteiger partial charge >= 0.3 is 0 Å². The highest BCUT2D eigenvalue weighted by molar-refractivity contribution is 6.99. The Balaban J connectivity index is 1.38. The van der Waals surface area contributed by atoms with Crippen molar-refractivity contribution in [1.29, 1.82) is 0 Å². The molecule has 212 valence electrons. The summed E-state index contributed by atoms with van der Waals surface area (Å²) in [6, 6.07) is 55.0. The van der Waals surface area contributed by atoms with Crippen LogP contribution in [0.25, 0.3) is 66.1 Å². The van der Waals surface area contributed by atoms with Gasteiger partial charge < -0.3 is 13.9 Å². The Hall–Kier alpha value is -6.00. The fourth-order valence-corrected chi connectivity index (χ4v) is 8.38. The van der Waals surface area contributed by atoms with Gasteiger partial charge in [-0.3, -0.25) is 0 Å². The summed E-state index contributed by atoms with van der Waals surface area (Å²) in [5, 5.41) is 4.99. The van der Waals surface area contributed by atoms with Crippen molar-refractivity contribution in [3.63, 3.8) is 0 Å². The third kappa shape index (κ3) is 2.99. The summed E-state index contributed by atoms with van der Waals surface area (Å²) in [7, 11) is 0. The van der Waals surface area contributed by atoms with E-state index in [0.29, 0.717) is 0 Å². The topological polar surface area (TPSA) is 19.1 Å². The second kappa shape index (κ2) is 8.80. The normalized spacial score (nSPS) is 12.9. The number of hydrogen-bond acceptors (Lipinski definition) is 1. The molecule has 0 radical (unpaired) electrons. The molecular weight excluding hydrogens is 559 g/mol. The van der Waals surface area contributed by atoms with Crippen LogP contribution in [0.1, 0.15) is 0 Å². The lowest BCUT2D eigenvalue weighted by atomic mass is 9.34.